The Labute approximate surface area is 175 Å². The van der Waals surface area contributed by atoms with Crippen molar-refractivity contribution in [3.8, 4) is 5.75 Å². The van der Waals surface area contributed by atoms with Crippen LogP contribution in [-0.4, -0.2) is 41.2 Å². The normalized spacial score (nSPS) is 16.6. The Hall–Kier alpha value is -3.16. The molecule has 3 aromatic rings. The summed E-state index contributed by atoms with van der Waals surface area (Å²) in [5.74, 6) is 2.25. The van der Waals surface area contributed by atoms with Crippen molar-refractivity contribution in [2.75, 3.05) is 25.1 Å². The van der Waals surface area contributed by atoms with E-state index in [1.807, 2.05) is 38.1 Å². The fourth-order valence-corrected chi connectivity index (χ4v) is 3.93. The van der Waals surface area contributed by atoms with Crippen molar-refractivity contribution in [2.45, 2.75) is 39.7 Å². The molecular formula is C22H27N5O3. The predicted molar refractivity (Wildman–Crippen MR) is 113 cm³/mol. The molecule has 0 unspecified atom stereocenters. The van der Waals surface area contributed by atoms with E-state index < -0.39 is 0 Å². The third-order valence-electron chi connectivity index (χ3n) is 5.55. The van der Waals surface area contributed by atoms with Gasteiger partial charge in [0.1, 0.15) is 22.8 Å². The first-order valence-corrected chi connectivity index (χ1v) is 10.4. The van der Waals surface area contributed by atoms with E-state index in [1.54, 1.807) is 7.11 Å². The lowest BCUT2D eigenvalue weighted by Crippen LogP contribution is -2.43. The molecule has 0 aliphatic carbocycles. The van der Waals surface area contributed by atoms with E-state index in [1.165, 1.54) is 0 Å². The summed E-state index contributed by atoms with van der Waals surface area (Å²) in [5, 5.41) is 8.09. The van der Waals surface area contributed by atoms with Crippen LogP contribution in [-0.2, 0) is 17.8 Å². The molecule has 4 rings (SSSR count). The molecule has 1 aromatic carbocycles. The average molecular weight is 409 g/mol. The highest BCUT2D eigenvalue weighted by atomic mass is 16.5. The Morgan fingerprint density at radius 2 is 2.10 bits per heavy atom. The van der Waals surface area contributed by atoms with Gasteiger partial charge in [-0.25, -0.2) is 4.98 Å². The molecule has 0 bridgehead atoms. The SMILES string of the molecule is CCc1noc2nc(C)nc(N3CCC[C@@H](C(=O)NCc4ccc(OC)cc4)C3)c12. The van der Waals surface area contributed by atoms with E-state index in [-0.39, 0.29) is 11.8 Å². The maximum Gasteiger partial charge on any atom is 0.263 e. The number of ether oxygens (including phenoxy) is 1. The molecule has 3 heterocycles. The number of piperidine rings is 1. The van der Waals surface area contributed by atoms with Crippen LogP contribution in [0.4, 0.5) is 5.82 Å². The lowest BCUT2D eigenvalue weighted by atomic mass is 9.96. The van der Waals surface area contributed by atoms with Gasteiger partial charge < -0.3 is 19.5 Å². The van der Waals surface area contributed by atoms with Gasteiger partial charge in [0, 0.05) is 19.6 Å². The summed E-state index contributed by atoms with van der Waals surface area (Å²) in [6.45, 7) is 5.85. The molecule has 0 spiro atoms. The van der Waals surface area contributed by atoms with Crippen molar-refractivity contribution in [1.29, 1.82) is 0 Å². The first-order chi connectivity index (χ1) is 14.6. The number of amides is 1. The Morgan fingerprint density at radius 1 is 1.30 bits per heavy atom. The third kappa shape index (κ3) is 4.08. The second kappa shape index (κ2) is 8.69. The topological polar surface area (TPSA) is 93.4 Å². The zero-order valence-corrected chi connectivity index (χ0v) is 17.6. The molecule has 1 amide bonds. The molecule has 1 fully saturated rings. The number of hydrogen-bond acceptors (Lipinski definition) is 7. The molecule has 1 saturated heterocycles. The van der Waals surface area contributed by atoms with Crippen molar-refractivity contribution in [2.24, 2.45) is 5.92 Å². The number of anilines is 1. The molecule has 0 radical (unpaired) electrons. The molecule has 1 N–H and O–H groups in total. The van der Waals surface area contributed by atoms with Gasteiger partial charge in [0.25, 0.3) is 5.71 Å². The van der Waals surface area contributed by atoms with Gasteiger partial charge in [-0.05, 0) is 43.9 Å². The molecule has 158 valence electrons. The van der Waals surface area contributed by atoms with Gasteiger partial charge in [0.15, 0.2) is 0 Å². The second-order valence-corrected chi connectivity index (χ2v) is 7.61. The summed E-state index contributed by atoms with van der Waals surface area (Å²) in [6, 6.07) is 7.73. The number of benzene rings is 1. The minimum atomic E-state index is -0.0905. The Kier molecular flexibility index (Phi) is 5.83. The van der Waals surface area contributed by atoms with E-state index in [4.69, 9.17) is 9.26 Å². The smallest absolute Gasteiger partial charge is 0.263 e. The summed E-state index contributed by atoms with van der Waals surface area (Å²) in [4.78, 5) is 24.1. The second-order valence-electron chi connectivity index (χ2n) is 7.61. The Balaban J connectivity index is 1.47. The monoisotopic (exact) mass is 409 g/mol. The van der Waals surface area contributed by atoms with Gasteiger partial charge in [-0.2, -0.15) is 4.98 Å². The quantitative estimate of drug-likeness (QED) is 0.669. The van der Waals surface area contributed by atoms with E-state index in [0.717, 1.165) is 54.0 Å². The van der Waals surface area contributed by atoms with Crippen molar-refractivity contribution >= 4 is 22.8 Å². The van der Waals surface area contributed by atoms with Crippen LogP contribution in [0.25, 0.3) is 11.1 Å². The van der Waals surface area contributed by atoms with Crippen LogP contribution in [0.2, 0.25) is 0 Å². The maximum atomic E-state index is 12.8. The Morgan fingerprint density at radius 3 is 2.83 bits per heavy atom. The van der Waals surface area contributed by atoms with Gasteiger partial charge in [0.05, 0.1) is 18.7 Å². The zero-order chi connectivity index (χ0) is 21.1. The number of aromatic nitrogens is 3. The van der Waals surface area contributed by atoms with Crippen molar-refractivity contribution in [3.63, 3.8) is 0 Å². The van der Waals surface area contributed by atoms with Crippen molar-refractivity contribution in [1.82, 2.24) is 20.4 Å². The predicted octanol–water partition coefficient (Wildman–Crippen LogP) is 3.03. The number of nitrogens with zero attached hydrogens (tertiary/aromatic N) is 4. The lowest BCUT2D eigenvalue weighted by molar-refractivity contribution is -0.125. The lowest BCUT2D eigenvalue weighted by Gasteiger charge is -2.33. The van der Waals surface area contributed by atoms with E-state index in [0.29, 0.717) is 24.6 Å². The molecule has 1 aliphatic rings. The fraction of sp³-hybridized carbons (Fsp3) is 0.455. The van der Waals surface area contributed by atoms with Crippen LogP contribution in [0, 0.1) is 12.8 Å². The molecule has 1 atom stereocenters. The number of carbonyl (C=O) groups excluding carboxylic acids is 1. The van der Waals surface area contributed by atoms with E-state index in [9.17, 15) is 4.79 Å². The number of hydrogen-bond donors (Lipinski definition) is 1. The average Bonchev–Trinajstić information content (AvgIpc) is 3.20. The number of fused-ring (bicyclic) bond motifs is 1. The summed E-state index contributed by atoms with van der Waals surface area (Å²) in [5.41, 5.74) is 2.41. The van der Waals surface area contributed by atoms with Gasteiger partial charge in [0.2, 0.25) is 5.91 Å². The summed E-state index contributed by atoms with van der Waals surface area (Å²) >= 11 is 0. The Bertz CT molecular complexity index is 1030. The molecule has 0 saturated carbocycles. The van der Waals surface area contributed by atoms with Gasteiger partial charge in [-0.1, -0.05) is 24.2 Å². The van der Waals surface area contributed by atoms with Crippen LogP contribution < -0.4 is 15.0 Å². The minimum Gasteiger partial charge on any atom is -0.497 e. The highest BCUT2D eigenvalue weighted by Gasteiger charge is 2.29. The number of methoxy groups -OCH3 is 1. The summed E-state index contributed by atoms with van der Waals surface area (Å²) in [7, 11) is 1.64. The fourth-order valence-electron chi connectivity index (χ4n) is 3.93. The molecule has 2 aromatic heterocycles. The van der Waals surface area contributed by atoms with Crippen molar-refractivity contribution < 1.29 is 14.1 Å². The molecule has 8 heteroatoms. The highest BCUT2D eigenvalue weighted by Crippen LogP contribution is 2.31. The number of rotatable bonds is 6. The molecular weight excluding hydrogens is 382 g/mol. The van der Waals surface area contributed by atoms with Crippen LogP contribution in [0.1, 0.15) is 36.8 Å². The summed E-state index contributed by atoms with van der Waals surface area (Å²) < 4.78 is 10.6. The van der Waals surface area contributed by atoms with Crippen molar-refractivity contribution in [3.05, 3.63) is 41.3 Å². The third-order valence-corrected chi connectivity index (χ3v) is 5.55. The zero-order valence-electron chi connectivity index (χ0n) is 17.6. The molecule has 8 nitrogen and oxygen atoms in total. The van der Waals surface area contributed by atoms with Crippen LogP contribution in [0.15, 0.2) is 28.8 Å². The van der Waals surface area contributed by atoms with Gasteiger partial charge >= 0.3 is 0 Å². The molecule has 1 aliphatic heterocycles. The van der Waals surface area contributed by atoms with Gasteiger partial charge in [-0.3, -0.25) is 4.79 Å². The first-order valence-electron chi connectivity index (χ1n) is 10.4. The molecule has 30 heavy (non-hydrogen) atoms. The van der Waals surface area contributed by atoms with E-state index >= 15 is 0 Å². The first kappa shape index (κ1) is 20.1. The standard InChI is InChI=1S/C22H27N5O3/c1-4-18-19-20(24-14(2)25-22(19)30-26-18)27-11-5-6-16(13-27)21(28)23-12-15-7-9-17(29-3)10-8-15/h7-10,16H,4-6,11-13H2,1-3H3,(H,23,28)/t16-/m1/s1. The van der Waals surface area contributed by atoms with E-state index in [2.05, 4.69) is 25.3 Å². The van der Waals surface area contributed by atoms with Crippen LogP contribution in [0.3, 0.4) is 0 Å². The highest BCUT2D eigenvalue weighted by molar-refractivity contribution is 5.89. The van der Waals surface area contributed by atoms with Gasteiger partial charge in [-0.15, -0.1) is 0 Å². The maximum absolute atomic E-state index is 12.8. The number of carbonyl (C=O) groups is 1. The van der Waals surface area contributed by atoms with Crippen LogP contribution >= 0.6 is 0 Å². The number of nitrogens with one attached hydrogen (secondary N) is 1. The minimum absolute atomic E-state index is 0.0681. The van der Waals surface area contributed by atoms with Crippen LogP contribution in [0.5, 0.6) is 5.75 Å². The number of aryl methyl sites for hydroxylation is 2. The summed E-state index contributed by atoms with van der Waals surface area (Å²) in [6.07, 6.45) is 2.53. The largest absolute Gasteiger partial charge is 0.497 e.